The van der Waals surface area contributed by atoms with Crippen molar-refractivity contribution in [1.82, 2.24) is 10.4 Å². The number of nitrogens with one attached hydrogen (secondary N) is 1. The minimum Gasteiger partial charge on any atom is -0.337 e. The van der Waals surface area contributed by atoms with Crippen molar-refractivity contribution < 1.29 is 14.3 Å². The molecule has 120 valence electrons. The van der Waals surface area contributed by atoms with Crippen molar-refractivity contribution in [3.8, 4) is 0 Å². The van der Waals surface area contributed by atoms with Crippen LogP contribution in [0.25, 0.3) is 11.1 Å². The summed E-state index contributed by atoms with van der Waals surface area (Å²) in [5.74, 6) is 0. The van der Waals surface area contributed by atoms with Crippen LogP contribution in [0.1, 0.15) is 17.2 Å². The van der Waals surface area contributed by atoms with Crippen molar-refractivity contribution in [1.29, 1.82) is 0 Å². The van der Waals surface area contributed by atoms with E-state index in [-0.39, 0.29) is 0 Å². The molecule has 7 heteroatoms. The van der Waals surface area contributed by atoms with Crippen LogP contribution in [0.5, 0.6) is 0 Å². The molecule has 1 N–H and O–H groups in total. The van der Waals surface area contributed by atoms with Gasteiger partial charge in [-0.05, 0) is 41.8 Å². The number of allylic oxidation sites excluding steroid dienone is 1. The molecule has 7 nitrogen and oxygen atoms in total. The van der Waals surface area contributed by atoms with Gasteiger partial charge < -0.3 is 9.32 Å². The third-order valence-corrected chi connectivity index (χ3v) is 3.93. The molecule has 0 radical (unpaired) electrons. The second kappa shape index (κ2) is 5.78. The highest BCUT2D eigenvalue weighted by atomic mass is 16.8. The lowest BCUT2D eigenvalue weighted by Gasteiger charge is -2.22. The first kappa shape index (κ1) is 14.4. The Morgan fingerprint density at radius 2 is 2.21 bits per heavy atom. The molecule has 1 aliphatic heterocycles. The molecule has 0 saturated carbocycles. The first-order valence-corrected chi connectivity index (χ1v) is 7.43. The molecule has 2 aromatic carbocycles. The lowest BCUT2D eigenvalue weighted by Crippen LogP contribution is -2.27. The highest BCUT2D eigenvalue weighted by Gasteiger charge is 2.29. The number of benzene rings is 2. The molecule has 0 aliphatic carbocycles. The van der Waals surface area contributed by atoms with Gasteiger partial charge in [-0.3, -0.25) is 0 Å². The van der Waals surface area contributed by atoms with Crippen molar-refractivity contribution >= 4 is 28.8 Å². The van der Waals surface area contributed by atoms with Gasteiger partial charge in [0.15, 0.2) is 5.58 Å². The number of carbonyl (C=O) groups is 1. The zero-order valence-corrected chi connectivity index (χ0v) is 12.7. The van der Waals surface area contributed by atoms with Crippen LogP contribution < -0.4 is 10.5 Å². The summed E-state index contributed by atoms with van der Waals surface area (Å²) in [7, 11) is 0. The van der Waals surface area contributed by atoms with Gasteiger partial charge in [-0.25, -0.2) is 10.5 Å². The van der Waals surface area contributed by atoms with E-state index >= 15 is 0 Å². The van der Waals surface area contributed by atoms with Gasteiger partial charge in [0.05, 0.1) is 11.4 Å². The molecule has 0 fully saturated rings. The quantitative estimate of drug-likeness (QED) is 0.571. The minimum atomic E-state index is -0.626. The Hall–Kier alpha value is -3.19. The van der Waals surface area contributed by atoms with Crippen LogP contribution in [-0.2, 0) is 16.2 Å². The van der Waals surface area contributed by atoms with Crippen LogP contribution >= 0.6 is 0 Å². The molecule has 1 aromatic heterocycles. The van der Waals surface area contributed by atoms with Gasteiger partial charge in [0.2, 0.25) is 0 Å². The van der Waals surface area contributed by atoms with E-state index in [1.54, 1.807) is 23.3 Å². The van der Waals surface area contributed by atoms with Gasteiger partial charge in [-0.1, -0.05) is 18.2 Å². The lowest BCUT2D eigenvalue weighted by molar-refractivity contribution is -0.110. The van der Waals surface area contributed by atoms with Gasteiger partial charge in [0, 0.05) is 5.27 Å². The summed E-state index contributed by atoms with van der Waals surface area (Å²) in [6.45, 7) is 3.75. The van der Waals surface area contributed by atoms with Crippen molar-refractivity contribution in [2.45, 2.75) is 12.5 Å². The normalized spacial score (nSPS) is 14.2. The summed E-state index contributed by atoms with van der Waals surface area (Å²) in [5.41, 5.74) is 7.41. The predicted molar refractivity (Wildman–Crippen MR) is 88.1 cm³/mol. The predicted octanol–water partition coefficient (Wildman–Crippen LogP) is 2.97. The monoisotopic (exact) mass is 322 g/mol. The molecular formula is C17H14N4O3. The maximum absolute atomic E-state index is 11.8. The summed E-state index contributed by atoms with van der Waals surface area (Å²) in [5, 5.41) is 8.95. The Morgan fingerprint density at radius 1 is 1.29 bits per heavy atom. The molecule has 2 heterocycles. The van der Waals surface area contributed by atoms with E-state index < -0.39 is 6.04 Å². The van der Waals surface area contributed by atoms with Gasteiger partial charge >= 0.3 is 0 Å². The number of hydrogen-bond acceptors (Lipinski definition) is 7. The molecule has 3 aromatic rings. The van der Waals surface area contributed by atoms with Gasteiger partial charge in [0.25, 0.3) is 0 Å². The van der Waals surface area contributed by atoms with Crippen LogP contribution in [0.15, 0.2) is 53.6 Å². The van der Waals surface area contributed by atoms with Crippen LogP contribution in [0, 0.1) is 0 Å². The highest BCUT2D eigenvalue weighted by Crippen LogP contribution is 2.38. The topological polar surface area (TPSA) is 80.5 Å². The van der Waals surface area contributed by atoms with Crippen LogP contribution in [0.2, 0.25) is 0 Å². The smallest absolute Gasteiger partial charge is 0.187 e. The average molecular weight is 322 g/mol. The Bertz CT molecular complexity index is 921. The zero-order valence-electron chi connectivity index (χ0n) is 12.7. The second-order valence-corrected chi connectivity index (χ2v) is 5.44. The fraction of sp³-hybridized carbons (Fsp3) is 0.118. The number of aromatic nitrogens is 2. The van der Waals surface area contributed by atoms with Gasteiger partial charge in [0.1, 0.15) is 17.8 Å². The molecule has 1 atom stereocenters. The Labute approximate surface area is 137 Å². The molecule has 1 unspecified atom stereocenters. The third-order valence-electron chi connectivity index (χ3n) is 3.93. The van der Waals surface area contributed by atoms with Gasteiger partial charge in [-0.15, -0.1) is 11.7 Å². The third kappa shape index (κ3) is 2.31. The number of fused-ring (bicyclic) bond motifs is 2. The summed E-state index contributed by atoms with van der Waals surface area (Å²) >= 11 is 0. The number of rotatable bonds is 5. The molecule has 1 aliphatic rings. The molecule has 0 saturated heterocycles. The van der Waals surface area contributed by atoms with Crippen molar-refractivity contribution in [3.63, 3.8) is 0 Å². The summed E-state index contributed by atoms with van der Waals surface area (Å²) < 4.78 is 4.99. The highest BCUT2D eigenvalue weighted by molar-refractivity contribution is 5.80. The van der Waals surface area contributed by atoms with Crippen LogP contribution in [0.4, 0.5) is 11.4 Å². The number of anilines is 2. The van der Waals surface area contributed by atoms with Crippen molar-refractivity contribution in [2.24, 2.45) is 0 Å². The lowest BCUT2D eigenvalue weighted by atomic mass is 10.1. The Balaban J connectivity index is 1.73. The Kier molecular flexibility index (Phi) is 3.47. The zero-order chi connectivity index (χ0) is 16.5. The van der Waals surface area contributed by atoms with Crippen molar-refractivity contribution in [2.75, 3.05) is 10.5 Å². The van der Waals surface area contributed by atoms with E-state index in [1.165, 1.54) is 0 Å². The van der Waals surface area contributed by atoms with E-state index in [2.05, 4.69) is 22.4 Å². The minimum absolute atomic E-state index is 0.567. The molecule has 24 heavy (non-hydrogen) atoms. The average Bonchev–Trinajstić information content (AvgIpc) is 3.22. The van der Waals surface area contributed by atoms with Gasteiger partial charge in [-0.2, -0.15) is 4.94 Å². The molecule has 0 amide bonds. The number of hydroxylamine groups is 1. The van der Waals surface area contributed by atoms with E-state index in [0.717, 1.165) is 35.2 Å². The summed E-state index contributed by atoms with van der Waals surface area (Å²) in [6, 6.07) is 10.6. The van der Waals surface area contributed by atoms with Crippen molar-refractivity contribution in [3.05, 3.63) is 60.2 Å². The van der Waals surface area contributed by atoms with E-state index in [1.807, 2.05) is 24.3 Å². The number of hydrogen-bond donors (Lipinski definition) is 1. The number of nitrogens with zero attached hydrogens (tertiary/aromatic N) is 3. The van der Waals surface area contributed by atoms with Crippen LogP contribution in [-0.4, -0.2) is 16.7 Å². The fourth-order valence-electron chi connectivity index (χ4n) is 2.74. The van der Waals surface area contributed by atoms with Crippen LogP contribution in [0.3, 0.4) is 0 Å². The maximum Gasteiger partial charge on any atom is 0.187 e. The number of carbonyl (C=O) groups excluding carboxylic acids is 1. The molecule has 0 spiro atoms. The second-order valence-electron chi connectivity index (χ2n) is 5.44. The first-order chi connectivity index (χ1) is 11.8. The fourth-order valence-corrected chi connectivity index (χ4v) is 2.74. The Morgan fingerprint density at radius 3 is 3.04 bits per heavy atom. The SMILES string of the molecule is C=CCc1ccc2c(c1)N(C(C=O)c1ccc3onnc3c1)ON2. The summed E-state index contributed by atoms with van der Waals surface area (Å²) in [6.07, 6.45) is 3.40. The standard InChI is InChI=1S/C17H14N4O3/c1-2-3-11-4-6-13-15(8-11)21(24-19-13)16(10-22)12-5-7-17-14(9-12)18-20-23-17/h2,4-10,16,19H,1,3H2. The maximum atomic E-state index is 11.8. The molecular weight excluding hydrogens is 308 g/mol. The summed E-state index contributed by atoms with van der Waals surface area (Å²) in [4.78, 5) is 17.3. The van der Waals surface area contributed by atoms with E-state index in [4.69, 9.17) is 9.46 Å². The largest absolute Gasteiger partial charge is 0.337 e. The van der Waals surface area contributed by atoms with E-state index in [0.29, 0.717) is 11.1 Å². The first-order valence-electron chi connectivity index (χ1n) is 7.43. The molecule has 4 rings (SSSR count). The number of aldehydes is 1. The van der Waals surface area contributed by atoms with E-state index in [9.17, 15) is 4.79 Å². The molecule has 0 bridgehead atoms.